The van der Waals surface area contributed by atoms with Crippen LogP contribution in [0.5, 0.6) is 0 Å². The van der Waals surface area contributed by atoms with Crippen LogP contribution in [0.2, 0.25) is 10.0 Å². The molecule has 104 valence electrons. The van der Waals surface area contributed by atoms with E-state index in [1.54, 1.807) is 24.3 Å². The Morgan fingerprint density at radius 1 is 1.10 bits per heavy atom. The lowest BCUT2D eigenvalue weighted by Gasteiger charge is -2.16. The highest BCUT2D eigenvalue weighted by atomic mass is 35.5. The highest BCUT2D eigenvalue weighted by molar-refractivity contribution is 6.42. The van der Waals surface area contributed by atoms with Crippen LogP contribution in [0.4, 0.5) is 11.4 Å². The highest BCUT2D eigenvalue weighted by Gasteiger charge is 2.09. The van der Waals surface area contributed by atoms with Crippen molar-refractivity contribution in [3.8, 4) is 0 Å². The molecular formula is C14H12Cl2N2O2. The van der Waals surface area contributed by atoms with Gasteiger partial charge in [0.25, 0.3) is 5.69 Å². The van der Waals surface area contributed by atoms with E-state index < -0.39 is 4.92 Å². The lowest BCUT2D eigenvalue weighted by atomic mass is 10.1. The molecule has 0 saturated heterocycles. The van der Waals surface area contributed by atoms with Gasteiger partial charge in [0, 0.05) is 23.9 Å². The molecule has 2 rings (SSSR count). The Morgan fingerprint density at radius 3 is 2.30 bits per heavy atom. The van der Waals surface area contributed by atoms with Crippen LogP contribution in [0.15, 0.2) is 42.5 Å². The molecule has 1 N–H and O–H groups in total. The van der Waals surface area contributed by atoms with Gasteiger partial charge >= 0.3 is 0 Å². The number of hydrogen-bond acceptors (Lipinski definition) is 3. The molecule has 0 spiro atoms. The Morgan fingerprint density at radius 2 is 1.75 bits per heavy atom. The van der Waals surface area contributed by atoms with Crippen molar-refractivity contribution in [3.05, 3.63) is 68.2 Å². The molecule has 0 amide bonds. The van der Waals surface area contributed by atoms with Crippen LogP contribution in [0, 0.1) is 10.1 Å². The van der Waals surface area contributed by atoms with Crippen molar-refractivity contribution in [1.29, 1.82) is 0 Å². The number of halogens is 2. The summed E-state index contributed by atoms with van der Waals surface area (Å²) in [5, 5.41) is 14.8. The lowest BCUT2D eigenvalue weighted by Crippen LogP contribution is -2.06. The molecular weight excluding hydrogens is 299 g/mol. The molecule has 4 nitrogen and oxygen atoms in total. The summed E-state index contributed by atoms with van der Waals surface area (Å²) in [7, 11) is 0. The van der Waals surface area contributed by atoms with E-state index in [0.717, 1.165) is 11.3 Å². The van der Waals surface area contributed by atoms with Crippen molar-refractivity contribution in [2.75, 3.05) is 5.32 Å². The van der Waals surface area contributed by atoms with Crippen LogP contribution in [0.1, 0.15) is 18.5 Å². The molecule has 0 aliphatic heterocycles. The van der Waals surface area contributed by atoms with Crippen molar-refractivity contribution in [2.45, 2.75) is 13.0 Å². The van der Waals surface area contributed by atoms with Gasteiger partial charge in [0.15, 0.2) is 0 Å². The van der Waals surface area contributed by atoms with Crippen LogP contribution >= 0.6 is 23.2 Å². The SMILES string of the molecule is CC(Nc1ccc(Cl)c(Cl)c1)c1ccc([N+](=O)[O-])cc1. The minimum atomic E-state index is -0.416. The van der Waals surface area contributed by atoms with Crippen LogP contribution in [0.25, 0.3) is 0 Å². The minimum Gasteiger partial charge on any atom is -0.378 e. The molecule has 6 heteroatoms. The summed E-state index contributed by atoms with van der Waals surface area (Å²) in [6, 6.07) is 11.7. The zero-order chi connectivity index (χ0) is 14.7. The first-order valence-corrected chi connectivity index (χ1v) is 6.69. The van der Waals surface area contributed by atoms with Crippen molar-refractivity contribution < 1.29 is 4.92 Å². The lowest BCUT2D eigenvalue weighted by molar-refractivity contribution is -0.384. The number of benzene rings is 2. The standard InChI is InChI=1S/C14H12Cl2N2O2/c1-9(10-2-5-12(6-3-10)18(19)20)17-11-4-7-13(15)14(16)8-11/h2-9,17H,1H3. The van der Waals surface area contributed by atoms with Crippen LogP contribution in [0.3, 0.4) is 0 Å². The first-order chi connectivity index (χ1) is 9.47. The average molecular weight is 311 g/mol. The summed E-state index contributed by atoms with van der Waals surface area (Å²) < 4.78 is 0. The third-order valence-electron chi connectivity index (χ3n) is 2.91. The second kappa shape index (κ2) is 6.11. The van der Waals surface area contributed by atoms with Gasteiger partial charge < -0.3 is 5.32 Å². The highest BCUT2D eigenvalue weighted by Crippen LogP contribution is 2.27. The van der Waals surface area contributed by atoms with E-state index in [-0.39, 0.29) is 11.7 Å². The predicted octanol–water partition coefficient (Wildman–Crippen LogP) is 5.07. The maximum atomic E-state index is 10.6. The summed E-state index contributed by atoms with van der Waals surface area (Å²) in [4.78, 5) is 10.2. The molecule has 0 fully saturated rings. The van der Waals surface area contributed by atoms with Gasteiger partial charge in [-0.3, -0.25) is 10.1 Å². The van der Waals surface area contributed by atoms with E-state index in [0.29, 0.717) is 10.0 Å². The smallest absolute Gasteiger partial charge is 0.269 e. The van der Waals surface area contributed by atoms with Crippen LogP contribution < -0.4 is 5.32 Å². The topological polar surface area (TPSA) is 55.2 Å². The summed E-state index contributed by atoms with van der Waals surface area (Å²) in [6.07, 6.45) is 0. The molecule has 2 aromatic carbocycles. The summed E-state index contributed by atoms with van der Waals surface area (Å²) in [6.45, 7) is 1.96. The number of nitro benzene ring substituents is 1. The minimum absolute atomic E-state index is 0.00644. The third kappa shape index (κ3) is 3.40. The molecule has 20 heavy (non-hydrogen) atoms. The van der Waals surface area contributed by atoms with Crippen molar-refractivity contribution in [3.63, 3.8) is 0 Å². The number of anilines is 1. The Labute approximate surface area is 126 Å². The predicted molar refractivity (Wildman–Crippen MR) is 81.6 cm³/mol. The van der Waals surface area contributed by atoms with Crippen molar-refractivity contribution >= 4 is 34.6 Å². The molecule has 0 heterocycles. The van der Waals surface area contributed by atoms with Gasteiger partial charge in [-0.25, -0.2) is 0 Å². The number of hydrogen-bond donors (Lipinski definition) is 1. The van der Waals surface area contributed by atoms with E-state index in [9.17, 15) is 10.1 Å². The third-order valence-corrected chi connectivity index (χ3v) is 3.65. The molecule has 0 aliphatic rings. The number of rotatable bonds is 4. The zero-order valence-corrected chi connectivity index (χ0v) is 12.2. The number of nitro groups is 1. The Hall–Kier alpha value is -1.78. The fourth-order valence-electron chi connectivity index (χ4n) is 1.80. The normalized spacial score (nSPS) is 11.9. The Bertz CT molecular complexity index is 630. The van der Waals surface area contributed by atoms with Crippen LogP contribution in [-0.4, -0.2) is 4.92 Å². The van der Waals surface area contributed by atoms with Crippen molar-refractivity contribution in [2.24, 2.45) is 0 Å². The molecule has 0 aromatic heterocycles. The maximum Gasteiger partial charge on any atom is 0.269 e. The second-order valence-electron chi connectivity index (χ2n) is 4.34. The fourth-order valence-corrected chi connectivity index (χ4v) is 2.10. The summed E-state index contributed by atoms with van der Waals surface area (Å²) >= 11 is 11.8. The summed E-state index contributed by atoms with van der Waals surface area (Å²) in [5.74, 6) is 0. The number of nitrogens with one attached hydrogen (secondary N) is 1. The van der Waals surface area contributed by atoms with Gasteiger partial charge in [-0.05, 0) is 30.7 Å². The van der Waals surface area contributed by atoms with E-state index in [2.05, 4.69) is 5.32 Å². The second-order valence-corrected chi connectivity index (χ2v) is 5.16. The van der Waals surface area contributed by atoms with Gasteiger partial charge in [0.05, 0.1) is 15.0 Å². The molecule has 0 aliphatic carbocycles. The Balaban J connectivity index is 2.12. The first-order valence-electron chi connectivity index (χ1n) is 5.93. The van der Waals surface area contributed by atoms with E-state index in [1.807, 2.05) is 13.0 Å². The summed E-state index contributed by atoms with van der Waals surface area (Å²) in [5.41, 5.74) is 1.86. The van der Waals surface area contributed by atoms with Gasteiger partial charge in [-0.1, -0.05) is 35.3 Å². The monoisotopic (exact) mass is 310 g/mol. The maximum absolute atomic E-state index is 10.6. The molecule has 2 aromatic rings. The molecule has 0 radical (unpaired) electrons. The first kappa shape index (κ1) is 14.6. The number of non-ortho nitro benzene ring substituents is 1. The quantitative estimate of drug-likeness (QED) is 0.633. The van der Waals surface area contributed by atoms with Gasteiger partial charge in [0.2, 0.25) is 0 Å². The van der Waals surface area contributed by atoms with E-state index >= 15 is 0 Å². The van der Waals surface area contributed by atoms with Gasteiger partial charge in [-0.15, -0.1) is 0 Å². The number of nitrogens with zero attached hydrogens (tertiary/aromatic N) is 1. The molecule has 1 unspecified atom stereocenters. The fraction of sp³-hybridized carbons (Fsp3) is 0.143. The van der Waals surface area contributed by atoms with E-state index in [1.165, 1.54) is 12.1 Å². The van der Waals surface area contributed by atoms with Gasteiger partial charge in [-0.2, -0.15) is 0 Å². The molecule has 0 saturated carbocycles. The molecule has 1 atom stereocenters. The van der Waals surface area contributed by atoms with Crippen LogP contribution in [-0.2, 0) is 0 Å². The molecule has 0 bridgehead atoms. The van der Waals surface area contributed by atoms with Crippen molar-refractivity contribution in [1.82, 2.24) is 0 Å². The Kier molecular flexibility index (Phi) is 4.47. The zero-order valence-electron chi connectivity index (χ0n) is 10.6. The van der Waals surface area contributed by atoms with Gasteiger partial charge in [0.1, 0.15) is 0 Å². The van der Waals surface area contributed by atoms with E-state index in [4.69, 9.17) is 23.2 Å². The largest absolute Gasteiger partial charge is 0.378 e. The average Bonchev–Trinajstić information content (AvgIpc) is 2.43.